The highest BCUT2D eigenvalue weighted by Gasteiger charge is 2.64. The van der Waals surface area contributed by atoms with Crippen LogP contribution in [0.1, 0.15) is 61.6 Å². The van der Waals surface area contributed by atoms with Crippen molar-refractivity contribution in [3.05, 3.63) is 64.4 Å². The van der Waals surface area contributed by atoms with E-state index in [9.17, 15) is 19.5 Å². The number of aliphatic hydroxyl groups is 1. The zero-order chi connectivity index (χ0) is 29.9. The number of benzene rings is 1. The van der Waals surface area contributed by atoms with Gasteiger partial charge < -0.3 is 15.3 Å². The molecule has 11 nitrogen and oxygen atoms in total. The molecule has 0 bridgehead atoms. The Labute approximate surface area is 250 Å². The van der Waals surface area contributed by atoms with E-state index >= 15 is 0 Å². The zero-order valence-corrected chi connectivity index (χ0v) is 25.2. The summed E-state index contributed by atoms with van der Waals surface area (Å²) in [6, 6.07) is 8.51. The van der Waals surface area contributed by atoms with Gasteiger partial charge in [0.25, 0.3) is 0 Å². The minimum Gasteiger partial charge on any atom is -0.385 e. The molecule has 216 valence electrons. The van der Waals surface area contributed by atoms with Crippen molar-refractivity contribution in [2.24, 2.45) is 5.41 Å². The molecule has 2 N–H and O–H groups in total. The van der Waals surface area contributed by atoms with E-state index in [1.807, 2.05) is 31.2 Å². The Kier molecular flexibility index (Phi) is 6.93. The fourth-order valence-electron chi connectivity index (χ4n) is 5.84. The van der Waals surface area contributed by atoms with Crippen LogP contribution in [0.4, 0.5) is 5.82 Å². The number of carbonyl (C=O) groups is 3. The summed E-state index contributed by atoms with van der Waals surface area (Å²) in [4.78, 5) is 54.3. The Hall–Kier alpha value is -4.03. The third-order valence-electron chi connectivity index (χ3n) is 8.28. The molecule has 2 fully saturated rings. The molecule has 4 heterocycles. The summed E-state index contributed by atoms with van der Waals surface area (Å²) in [5.74, 6) is 0.0477. The zero-order valence-electron chi connectivity index (χ0n) is 23.6. The Morgan fingerprint density at radius 3 is 2.57 bits per heavy atom. The first-order valence-corrected chi connectivity index (χ1v) is 14.5. The van der Waals surface area contributed by atoms with Crippen LogP contribution in [0.25, 0.3) is 22.0 Å². The number of rotatable bonds is 7. The van der Waals surface area contributed by atoms with Gasteiger partial charge in [0.15, 0.2) is 11.6 Å². The predicted octanol–water partition coefficient (Wildman–Crippen LogP) is 4.23. The summed E-state index contributed by atoms with van der Waals surface area (Å²) >= 11 is 3.35. The van der Waals surface area contributed by atoms with Gasteiger partial charge in [0.05, 0.1) is 5.52 Å². The van der Waals surface area contributed by atoms with Crippen LogP contribution in [0.2, 0.25) is 0 Å². The largest absolute Gasteiger partial charge is 0.385 e. The Bertz CT molecular complexity index is 1750. The number of hydrogen-bond donors (Lipinski definition) is 2. The van der Waals surface area contributed by atoms with E-state index in [1.54, 1.807) is 30.3 Å². The van der Waals surface area contributed by atoms with Crippen LogP contribution in [-0.2, 0) is 16.1 Å². The van der Waals surface area contributed by atoms with E-state index in [0.717, 1.165) is 17.5 Å². The molecule has 2 amide bonds. The lowest BCUT2D eigenvalue weighted by Gasteiger charge is -2.27. The van der Waals surface area contributed by atoms with Crippen LogP contribution >= 0.6 is 15.9 Å². The highest BCUT2D eigenvalue weighted by molar-refractivity contribution is 9.10. The number of likely N-dealkylation sites (tertiary alicyclic amines) is 1. The molecule has 1 aliphatic heterocycles. The number of piperidine rings is 1. The molecule has 12 heteroatoms. The fraction of sp³-hybridized carbons (Fsp3) is 0.367. The maximum atomic E-state index is 13.8. The smallest absolute Gasteiger partial charge is 0.248 e. The number of fused-ring (bicyclic) bond motifs is 2. The van der Waals surface area contributed by atoms with Crippen molar-refractivity contribution < 1.29 is 19.5 Å². The highest BCUT2D eigenvalue weighted by Crippen LogP contribution is 2.59. The van der Waals surface area contributed by atoms with Crippen LogP contribution in [-0.4, -0.2) is 64.4 Å². The molecular formula is C30H30BrN7O4. The Morgan fingerprint density at radius 1 is 1.14 bits per heavy atom. The van der Waals surface area contributed by atoms with Crippen LogP contribution in [0, 0.1) is 12.3 Å². The van der Waals surface area contributed by atoms with Crippen molar-refractivity contribution >= 4 is 50.2 Å². The minimum atomic E-state index is -0.780. The number of amides is 2. The van der Waals surface area contributed by atoms with Gasteiger partial charge in [-0.3, -0.25) is 19.1 Å². The lowest BCUT2D eigenvalue weighted by molar-refractivity contribution is -0.138. The van der Waals surface area contributed by atoms with Crippen LogP contribution in [0.3, 0.4) is 0 Å². The monoisotopic (exact) mass is 631 g/mol. The molecule has 3 aromatic heterocycles. The van der Waals surface area contributed by atoms with Crippen LogP contribution in [0.15, 0.2) is 47.3 Å². The summed E-state index contributed by atoms with van der Waals surface area (Å²) in [7, 11) is 0. The number of aryl methyl sites for hydroxylation is 1. The van der Waals surface area contributed by atoms with E-state index in [-0.39, 0.29) is 41.3 Å². The first-order chi connectivity index (χ1) is 19.9. The quantitative estimate of drug-likeness (QED) is 0.228. The Balaban J connectivity index is 1.28. The maximum absolute atomic E-state index is 13.8. The van der Waals surface area contributed by atoms with Crippen molar-refractivity contribution in [1.29, 1.82) is 0 Å². The molecule has 1 saturated carbocycles. The van der Waals surface area contributed by atoms with Crippen molar-refractivity contribution in [2.75, 3.05) is 5.32 Å². The van der Waals surface area contributed by atoms with Gasteiger partial charge in [0, 0.05) is 36.3 Å². The topological polar surface area (TPSA) is 143 Å². The second kappa shape index (κ2) is 10.4. The molecule has 1 aliphatic carbocycles. The lowest BCUT2D eigenvalue weighted by Crippen LogP contribution is -2.47. The maximum Gasteiger partial charge on any atom is 0.248 e. The summed E-state index contributed by atoms with van der Waals surface area (Å²) in [6.45, 7) is 6.89. The summed E-state index contributed by atoms with van der Waals surface area (Å²) in [5, 5.41) is 17.8. The number of aliphatic hydroxyl groups excluding tert-OH is 1. The number of ketones is 1. The Morgan fingerprint density at radius 2 is 1.88 bits per heavy atom. The molecule has 1 aromatic carbocycles. The first kappa shape index (κ1) is 28.1. The van der Waals surface area contributed by atoms with Gasteiger partial charge >= 0.3 is 0 Å². The standard InChI is InChI=1S/C30H30BrN7O4/c1-15-5-8-24(31)34-27(15)35-29(42)22-10-30(4)11-23(30)38(22)25(41)14-37-21-7-6-18(9-20(21)26(36-37)16(2)39)19-12-32-28(17(3)40)33-13-19/h5-9,12-13,17,22-23,40H,10-11,14H2,1-4H3,(H,34,35,42)/t17?,22-,23?,30-/m0/s1. The summed E-state index contributed by atoms with van der Waals surface area (Å²) in [6.07, 6.45) is 3.87. The first-order valence-electron chi connectivity index (χ1n) is 13.7. The number of pyridine rings is 1. The van der Waals surface area contributed by atoms with Gasteiger partial charge in [-0.05, 0) is 77.4 Å². The second-order valence-corrected chi connectivity index (χ2v) is 12.3. The molecule has 2 aliphatic rings. The number of aromatic nitrogens is 5. The molecule has 4 aromatic rings. The molecule has 0 spiro atoms. The second-order valence-electron chi connectivity index (χ2n) is 11.5. The average molecular weight is 633 g/mol. The molecule has 2 unspecified atom stereocenters. The number of nitrogens with one attached hydrogen (secondary N) is 1. The lowest BCUT2D eigenvalue weighted by atomic mass is 10.0. The number of hydrogen-bond acceptors (Lipinski definition) is 8. The van der Waals surface area contributed by atoms with Gasteiger partial charge in [-0.25, -0.2) is 15.0 Å². The van der Waals surface area contributed by atoms with Gasteiger partial charge in [0.1, 0.15) is 34.8 Å². The number of nitrogens with zero attached hydrogens (tertiary/aromatic N) is 6. The number of halogens is 1. The third-order valence-corrected chi connectivity index (χ3v) is 8.72. The molecule has 4 atom stereocenters. The van der Waals surface area contributed by atoms with Gasteiger partial charge in [-0.15, -0.1) is 0 Å². The average Bonchev–Trinajstić information content (AvgIpc) is 3.32. The third kappa shape index (κ3) is 4.98. The minimum absolute atomic E-state index is 0.0253. The van der Waals surface area contributed by atoms with Crippen molar-refractivity contribution in [3.63, 3.8) is 0 Å². The SMILES string of the molecule is CC(=O)c1nn(CC(=O)N2C3C[C@]3(C)C[C@H]2C(=O)Nc2nc(Br)ccc2C)c2ccc(-c3cnc(C(C)O)nc3)cc12. The number of anilines is 1. The van der Waals surface area contributed by atoms with Crippen LogP contribution < -0.4 is 5.32 Å². The van der Waals surface area contributed by atoms with Crippen molar-refractivity contribution in [1.82, 2.24) is 29.6 Å². The molecule has 6 rings (SSSR count). The highest BCUT2D eigenvalue weighted by atomic mass is 79.9. The fourth-order valence-corrected chi connectivity index (χ4v) is 6.15. The van der Waals surface area contributed by atoms with E-state index in [0.29, 0.717) is 39.1 Å². The number of carbonyl (C=O) groups excluding carboxylic acids is 3. The molecule has 42 heavy (non-hydrogen) atoms. The summed E-state index contributed by atoms with van der Waals surface area (Å²) < 4.78 is 2.15. The van der Waals surface area contributed by atoms with Gasteiger partial charge in [-0.1, -0.05) is 19.1 Å². The van der Waals surface area contributed by atoms with E-state index < -0.39 is 12.1 Å². The van der Waals surface area contributed by atoms with Gasteiger partial charge in [0.2, 0.25) is 11.8 Å². The van der Waals surface area contributed by atoms with E-state index in [1.165, 1.54) is 11.6 Å². The van der Waals surface area contributed by atoms with E-state index in [2.05, 4.69) is 48.2 Å². The van der Waals surface area contributed by atoms with Crippen molar-refractivity contribution in [2.45, 2.75) is 65.3 Å². The van der Waals surface area contributed by atoms with E-state index in [4.69, 9.17) is 0 Å². The van der Waals surface area contributed by atoms with Crippen LogP contribution in [0.5, 0.6) is 0 Å². The van der Waals surface area contributed by atoms with Gasteiger partial charge in [-0.2, -0.15) is 5.10 Å². The predicted molar refractivity (Wildman–Crippen MR) is 158 cm³/mol. The number of Topliss-reactive ketones (excluding diaryl/α,β-unsaturated/α-hetero) is 1. The molecule has 0 radical (unpaired) electrons. The molecular weight excluding hydrogens is 602 g/mol. The normalized spacial score (nSPS) is 21.7. The van der Waals surface area contributed by atoms with Crippen molar-refractivity contribution in [3.8, 4) is 11.1 Å². The summed E-state index contributed by atoms with van der Waals surface area (Å²) in [5.41, 5.74) is 3.09. The molecule has 1 saturated heterocycles.